The van der Waals surface area contributed by atoms with E-state index in [1.165, 1.54) is 12.8 Å². The first-order chi connectivity index (χ1) is 14.3. The fourth-order valence-electron chi connectivity index (χ4n) is 4.33. The van der Waals surface area contributed by atoms with Crippen molar-refractivity contribution in [3.63, 3.8) is 0 Å². The van der Waals surface area contributed by atoms with E-state index in [1.54, 1.807) is 24.1 Å². The lowest BCUT2D eigenvalue weighted by atomic mass is 10.1. The molecule has 7 nitrogen and oxygen atoms in total. The number of hydrogen-bond acceptors (Lipinski definition) is 6. The van der Waals surface area contributed by atoms with Crippen LogP contribution in [0.25, 0.3) is 10.9 Å². The highest BCUT2D eigenvalue weighted by Crippen LogP contribution is 2.45. The zero-order chi connectivity index (χ0) is 19.8. The predicted octanol–water partition coefficient (Wildman–Crippen LogP) is 3.05. The van der Waals surface area contributed by atoms with Gasteiger partial charge in [0.2, 0.25) is 0 Å². The lowest BCUT2D eigenvalue weighted by molar-refractivity contribution is 0.184. The zero-order valence-electron chi connectivity index (χ0n) is 16.6. The zero-order valence-corrected chi connectivity index (χ0v) is 16.6. The summed E-state index contributed by atoms with van der Waals surface area (Å²) in [6.07, 6.45) is 7.89. The number of benzene rings is 1. The molecule has 1 aliphatic heterocycles. The summed E-state index contributed by atoms with van der Waals surface area (Å²) in [6, 6.07) is 7.59. The van der Waals surface area contributed by atoms with Gasteiger partial charge in [0.1, 0.15) is 5.82 Å². The summed E-state index contributed by atoms with van der Waals surface area (Å²) < 4.78 is 7.07. The SMILES string of the molecule is COCCn1c(C2CCCN2c2nccnc2C2CC2)nc2ccccc2c1=O. The van der Waals surface area contributed by atoms with Crippen LogP contribution in [0.3, 0.4) is 0 Å². The van der Waals surface area contributed by atoms with E-state index in [9.17, 15) is 4.79 Å². The van der Waals surface area contributed by atoms with Crippen molar-refractivity contribution in [3.8, 4) is 0 Å². The third-order valence-electron chi connectivity index (χ3n) is 5.90. The van der Waals surface area contributed by atoms with E-state index < -0.39 is 0 Å². The van der Waals surface area contributed by atoms with Crippen molar-refractivity contribution in [2.75, 3.05) is 25.2 Å². The van der Waals surface area contributed by atoms with Crippen molar-refractivity contribution in [1.29, 1.82) is 0 Å². The minimum atomic E-state index is -0.00365. The minimum absolute atomic E-state index is 0.00365. The number of rotatable bonds is 6. The van der Waals surface area contributed by atoms with Gasteiger partial charge < -0.3 is 9.64 Å². The molecule has 5 rings (SSSR count). The quantitative estimate of drug-likeness (QED) is 0.643. The van der Waals surface area contributed by atoms with Gasteiger partial charge in [0.15, 0.2) is 5.82 Å². The third-order valence-corrected chi connectivity index (χ3v) is 5.90. The smallest absolute Gasteiger partial charge is 0.261 e. The van der Waals surface area contributed by atoms with Crippen molar-refractivity contribution in [2.24, 2.45) is 0 Å². The molecule has 0 radical (unpaired) electrons. The molecule has 7 heteroatoms. The number of anilines is 1. The largest absolute Gasteiger partial charge is 0.383 e. The van der Waals surface area contributed by atoms with E-state index in [2.05, 4.69) is 9.88 Å². The first-order valence-electron chi connectivity index (χ1n) is 10.3. The van der Waals surface area contributed by atoms with Gasteiger partial charge in [-0.1, -0.05) is 12.1 Å². The Bertz CT molecular complexity index is 1090. The highest BCUT2D eigenvalue weighted by Gasteiger charge is 2.36. The van der Waals surface area contributed by atoms with Crippen molar-refractivity contribution < 1.29 is 4.74 Å². The van der Waals surface area contributed by atoms with Crippen molar-refractivity contribution in [3.05, 3.63) is 58.5 Å². The van der Waals surface area contributed by atoms with Gasteiger partial charge >= 0.3 is 0 Å². The Morgan fingerprint density at radius 3 is 2.79 bits per heavy atom. The Balaban J connectivity index is 1.63. The molecule has 2 aromatic heterocycles. The molecule has 1 aliphatic carbocycles. The second-order valence-electron chi connectivity index (χ2n) is 7.83. The maximum absolute atomic E-state index is 13.3. The number of methoxy groups -OCH3 is 1. The molecule has 150 valence electrons. The van der Waals surface area contributed by atoms with E-state index in [4.69, 9.17) is 14.7 Å². The van der Waals surface area contributed by atoms with Gasteiger partial charge in [0.05, 0.1) is 35.8 Å². The molecule has 1 atom stereocenters. The molecule has 1 unspecified atom stereocenters. The number of aromatic nitrogens is 4. The summed E-state index contributed by atoms with van der Waals surface area (Å²) in [7, 11) is 1.66. The standard InChI is InChI=1S/C22H25N5O2/c1-29-14-13-27-20(25-17-6-3-2-5-16(17)22(27)28)18-7-4-12-26(18)21-19(15-8-9-15)23-10-11-24-21/h2-3,5-6,10-11,15,18H,4,7-9,12-14H2,1H3. The molecule has 0 bridgehead atoms. The first kappa shape index (κ1) is 18.2. The Labute approximate surface area is 169 Å². The average Bonchev–Trinajstić information content (AvgIpc) is 3.49. The number of nitrogens with zero attached hydrogens (tertiary/aromatic N) is 5. The van der Waals surface area contributed by atoms with Crippen LogP contribution in [-0.4, -0.2) is 39.8 Å². The Morgan fingerprint density at radius 2 is 1.97 bits per heavy atom. The van der Waals surface area contributed by atoms with E-state index in [0.717, 1.165) is 42.2 Å². The third kappa shape index (κ3) is 3.29. The fourth-order valence-corrected chi connectivity index (χ4v) is 4.33. The molecule has 29 heavy (non-hydrogen) atoms. The summed E-state index contributed by atoms with van der Waals surface area (Å²) in [6.45, 7) is 1.86. The average molecular weight is 391 g/mol. The molecule has 0 amide bonds. The van der Waals surface area contributed by atoms with Gasteiger partial charge in [-0.3, -0.25) is 14.3 Å². The van der Waals surface area contributed by atoms with Crippen LogP contribution < -0.4 is 10.5 Å². The lowest BCUT2D eigenvalue weighted by Crippen LogP contribution is -2.34. The number of hydrogen-bond donors (Lipinski definition) is 0. The predicted molar refractivity (Wildman–Crippen MR) is 111 cm³/mol. The van der Waals surface area contributed by atoms with Crippen molar-refractivity contribution in [1.82, 2.24) is 19.5 Å². The van der Waals surface area contributed by atoms with E-state index in [0.29, 0.717) is 24.5 Å². The summed E-state index contributed by atoms with van der Waals surface area (Å²) in [5, 5.41) is 0.648. The van der Waals surface area contributed by atoms with Crippen molar-refractivity contribution in [2.45, 2.75) is 44.2 Å². The molecule has 2 aliphatic rings. The molecule has 1 aromatic carbocycles. The second-order valence-corrected chi connectivity index (χ2v) is 7.83. The van der Waals surface area contributed by atoms with Crippen LogP contribution in [0.2, 0.25) is 0 Å². The van der Waals surface area contributed by atoms with E-state index in [-0.39, 0.29) is 11.6 Å². The first-order valence-corrected chi connectivity index (χ1v) is 10.3. The van der Waals surface area contributed by atoms with Gasteiger partial charge in [-0.15, -0.1) is 0 Å². The number of fused-ring (bicyclic) bond motifs is 1. The van der Waals surface area contributed by atoms with Gasteiger partial charge in [-0.05, 0) is 37.8 Å². The Kier molecular flexibility index (Phi) is 4.75. The van der Waals surface area contributed by atoms with Crippen LogP contribution in [0.1, 0.15) is 49.2 Å². The van der Waals surface area contributed by atoms with E-state index in [1.807, 2.05) is 24.3 Å². The molecular weight excluding hydrogens is 366 g/mol. The Morgan fingerprint density at radius 1 is 1.14 bits per heavy atom. The van der Waals surface area contributed by atoms with Crippen LogP contribution in [0.4, 0.5) is 5.82 Å². The van der Waals surface area contributed by atoms with Crippen LogP contribution in [0.5, 0.6) is 0 Å². The molecule has 2 fully saturated rings. The molecule has 1 saturated carbocycles. The van der Waals surface area contributed by atoms with Gasteiger partial charge in [-0.2, -0.15) is 0 Å². The van der Waals surface area contributed by atoms with Gasteiger partial charge in [0.25, 0.3) is 5.56 Å². The van der Waals surface area contributed by atoms with Crippen LogP contribution in [0, 0.1) is 0 Å². The topological polar surface area (TPSA) is 73.1 Å². The van der Waals surface area contributed by atoms with Crippen LogP contribution in [0.15, 0.2) is 41.5 Å². The van der Waals surface area contributed by atoms with Crippen LogP contribution >= 0.6 is 0 Å². The lowest BCUT2D eigenvalue weighted by Gasteiger charge is -2.28. The minimum Gasteiger partial charge on any atom is -0.383 e. The highest BCUT2D eigenvalue weighted by atomic mass is 16.5. The highest BCUT2D eigenvalue weighted by molar-refractivity contribution is 5.77. The van der Waals surface area contributed by atoms with Gasteiger partial charge in [0, 0.05) is 32.0 Å². The van der Waals surface area contributed by atoms with Crippen molar-refractivity contribution >= 4 is 16.7 Å². The normalized spacial score (nSPS) is 19.2. The summed E-state index contributed by atoms with van der Waals surface area (Å²) >= 11 is 0. The summed E-state index contributed by atoms with van der Waals surface area (Å²) in [5.74, 6) is 2.27. The molecule has 0 N–H and O–H groups in total. The summed E-state index contributed by atoms with van der Waals surface area (Å²) in [5.41, 5.74) is 1.83. The Hall–Kier alpha value is -2.80. The number of para-hydroxylation sites is 1. The maximum atomic E-state index is 13.3. The second kappa shape index (κ2) is 7.55. The molecular formula is C22H25N5O2. The van der Waals surface area contributed by atoms with Gasteiger partial charge in [-0.25, -0.2) is 9.97 Å². The molecule has 3 aromatic rings. The maximum Gasteiger partial charge on any atom is 0.261 e. The number of ether oxygens (including phenoxy) is 1. The molecule has 3 heterocycles. The van der Waals surface area contributed by atoms with Crippen LogP contribution in [-0.2, 0) is 11.3 Å². The molecule has 0 spiro atoms. The monoisotopic (exact) mass is 391 g/mol. The molecule has 1 saturated heterocycles. The fraction of sp³-hybridized carbons (Fsp3) is 0.455. The summed E-state index contributed by atoms with van der Waals surface area (Å²) in [4.78, 5) is 29.9. The van der Waals surface area contributed by atoms with E-state index >= 15 is 0 Å².